The molecule has 1 fully saturated rings. The van der Waals surface area contributed by atoms with Crippen LogP contribution in [0.3, 0.4) is 0 Å². The van der Waals surface area contributed by atoms with Gasteiger partial charge >= 0.3 is 5.97 Å². The number of hydrogen-bond acceptors (Lipinski definition) is 4. The van der Waals surface area contributed by atoms with Gasteiger partial charge in [0, 0.05) is 18.3 Å². The highest BCUT2D eigenvalue weighted by atomic mass is 16.6. The van der Waals surface area contributed by atoms with E-state index in [-0.39, 0.29) is 18.0 Å². The average Bonchev–Trinajstić information content (AvgIpc) is 2.97. The summed E-state index contributed by atoms with van der Waals surface area (Å²) in [5, 5.41) is 4.34. The second-order valence-electron chi connectivity index (χ2n) is 5.73. The Kier molecular flexibility index (Phi) is 4.83. The summed E-state index contributed by atoms with van der Waals surface area (Å²) in [7, 11) is 1.46. The van der Waals surface area contributed by atoms with Gasteiger partial charge < -0.3 is 9.57 Å². The lowest BCUT2D eigenvalue weighted by Gasteiger charge is -2.18. The Balaban J connectivity index is 2.02. The Bertz CT molecular complexity index is 347. The molecule has 1 aliphatic heterocycles. The molecule has 0 spiro atoms. The molecule has 0 radical (unpaired) electrons. The van der Waals surface area contributed by atoms with E-state index in [4.69, 9.17) is 9.57 Å². The number of hydrogen-bond donors (Lipinski definition) is 0. The fourth-order valence-electron chi connectivity index (χ4n) is 3.50. The number of methoxy groups -OCH3 is 1. The summed E-state index contributed by atoms with van der Waals surface area (Å²) in [5.74, 6) is 0.767. The van der Waals surface area contributed by atoms with Crippen LogP contribution in [0.25, 0.3) is 0 Å². The van der Waals surface area contributed by atoms with Gasteiger partial charge in [0.2, 0.25) is 0 Å². The summed E-state index contributed by atoms with van der Waals surface area (Å²) < 4.78 is 4.86. The van der Waals surface area contributed by atoms with Crippen molar-refractivity contribution in [2.45, 2.75) is 58.5 Å². The highest BCUT2D eigenvalue weighted by Crippen LogP contribution is 2.41. The molecular weight excluding hydrogens is 242 g/mol. The first-order valence-corrected chi connectivity index (χ1v) is 7.52. The summed E-state index contributed by atoms with van der Waals surface area (Å²) in [4.78, 5) is 17.2. The van der Waals surface area contributed by atoms with Crippen molar-refractivity contribution in [1.29, 1.82) is 0 Å². The lowest BCUT2D eigenvalue weighted by Crippen LogP contribution is -2.24. The Morgan fingerprint density at radius 2 is 2.05 bits per heavy atom. The molecule has 3 atom stereocenters. The molecule has 0 aromatic carbocycles. The van der Waals surface area contributed by atoms with Crippen molar-refractivity contribution in [2.75, 3.05) is 7.11 Å². The minimum Gasteiger partial charge on any atom is -0.469 e. The van der Waals surface area contributed by atoms with E-state index in [1.807, 2.05) is 0 Å². The van der Waals surface area contributed by atoms with Gasteiger partial charge in [0.15, 0.2) is 0 Å². The van der Waals surface area contributed by atoms with Crippen LogP contribution in [-0.4, -0.2) is 24.9 Å². The first-order chi connectivity index (χ1) is 9.21. The van der Waals surface area contributed by atoms with Crippen LogP contribution < -0.4 is 0 Å². The fourth-order valence-corrected chi connectivity index (χ4v) is 3.50. The number of fused-ring (bicyclic) bond motifs is 1. The summed E-state index contributed by atoms with van der Waals surface area (Å²) in [6.45, 7) is 4.42. The molecule has 1 heterocycles. The van der Waals surface area contributed by atoms with Crippen molar-refractivity contribution >= 4 is 11.7 Å². The minimum absolute atomic E-state index is 0.00518. The first-order valence-electron chi connectivity index (χ1n) is 7.52. The Morgan fingerprint density at radius 3 is 2.63 bits per heavy atom. The van der Waals surface area contributed by atoms with E-state index in [1.165, 1.54) is 38.5 Å². The Morgan fingerprint density at radius 1 is 1.37 bits per heavy atom. The normalized spacial score (nSPS) is 29.1. The van der Waals surface area contributed by atoms with E-state index in [2.05, 4.69) is 19.0 Å². The van der Waals surface area contributed by atoms with E-state index in [0.29, 0.717) is 11.8 Å². The van der Waals surface area contributed by atoms with Crippen LogP contribution in [0.1, 0.15) is 52.4 Å². The zero-order valence-electron chi connectivity index (χ0n) is 12.2. The molecule has 19 heavy (non-hydrogen) atoms. The molecular formula is C15H25NO3. The fraction of sp³-hybridized carbons (Fsp3) is 0.867. The molecule has 1 aliphatic carbocycles. The van der Waals surface area contributed by atoms with Crippen molar-refractivity contribution in [2.24, 2.45) is 22.9 Å². The van der Waals surface area contributed by atoms with Gasteiger partial charge in [0.05, 0.1) is 18.7 Å². The number of carbonyl (C=O) groups is 1. The molecule has 0 N–H and O–H groups in total. The van der Waals surface area contributed by atoms with Gasteiger partial charge in [-0.15, -0.1) is 0 Å². The smallest absolute Gasteiger partial charge is 0.308 e. The Hall–Kier alpha value is -1.06. The summed E-state index contributed by atoms with van der Waals surface area (Å²) in [6, 6.07) is 0. The zero-order chi connectivity index (χ0) is 13.8. The van der Waals surface area contributed by atoms with Gasteiger partial charge in [-0.3, -0.25) is 4.79 Å². The quantitative estimate of drug-likeness (QED) is 0.694. The van der Waals surface area contributed by atoms with E-state index in [0.717, 1.165) is 12.8 Å². The van der Waals surface area contributed by atoms with Gasteiger partial charge in [-0.1, -0.05) is 31.8 Å². The predicted octanol–water partition coefficient (Wildman–Crippen LogP) is 3.16. The zero-order valence-corrected chi connectivity index (χ0v) is 12.2. The predicted molar refractivity (Wildman–Crippen MR) is 73.8 cm³/mol. The molecule has 4 heteroatoms. The topological polar surface area (TPSA) is 47.9 Å². The molecule has 0 aromatic rings. The molecule has 0 amide bonds. The van der Waals surface area contributed by atoms with E-state index in [1.54, 1.807) is 0 Å². The van der Waals surface area contributed by atoms with Crippen molar-refractivity contribution in [3.63, 3.8) is 0 Å². The highest BCUT2D eigenvalue weighted by molar-refractivity contribution is 5.91. The number of rotatable bonds is 6. The standard InChI is InChI=1S/C15H25NO3/c1-4-6-10(7-5-2)14-12-8-11(15(17)18-3)9-13(12)19-16-14/h10-13H,4-9H2,1-3H3. The van der Waals surface area contributed by atoms with Crippen LogP contribution in [0.4, 0.5) is 0 Å². The van der Waals surface area contributed by atoms with Crippen molar-refractivity contribution in [3.05, 3.63) is 0 Å². The third-order valence-corrected chi connectivity index (χ3v) is 4.40. The second-order valence-corrected chi connectivity index (χ2v) is 5.73. The lowest BCUT2D eigenvalue weighted by atomic mass is 9.84. The Labute approximate surface area is 115 Å². The molecule has 3 unspecified atom stereocenters. The van der Waals surface area contributed by atoms with Gasteiger partial charge in [0.25, 0.3) is 0 Å². The molecule has 108 valence electrons. The van der Waals surface area contributed by atoms with Crippen LogP contribution in [0, 0.1) is 17.8 Å². The largest absolute Gasteiger partial charge is 0.469 e. The number of carbonyl (C=O) groups excluding carboxylic acids is 1. The SMILES string of the molecule is CCCC(CCC)C1=NOC2CC(C(=O)OC)CC12. The molecule has 4 nitrogen and oxygen atoms in total. The lowest BCUT2D eigenvalue weighted by molar-refractivity contribution is -0.145. The molecule has 0 aromatic heterocycles. The molecule has 0 bridgehead atoms. The number of ether oxygens (including phenoxy) is 1. The van der Waals surface area contributed by atoms with Gasteiger partial charge in [-0.2, -0.15) is 0 Å². The van der Waals surface area contributed by atoms with Crippen LogP contribution in [0.5, 0.6) is 0 Å². The average molecular weight is 267 g/mol. The van der Waals surface area contributed by atoms with Gasteiger partial charge in [-0.05, 0) is 19.3 Å². The summed E-state index contributed by atoms with van der Waals surface area (Å²) >= 11 is 0. The maximum Gasteiger partial charge on any atom is 0.308 e. The number of nitrogens with zero attached hydrogens (tertiary/aromatic N) is 1. The molecule has 2 rings (SSSR count). The van der Waals surface area contributed by atoms with Crippen molar-refractivity contribution in [3.8, 4) is 0 Å². The number of esters is 1. The first kappa shape index (κ1) is 14.4. The number of oxime groups is 1. The maximum absolute atomic E-state index is 11.7. The van der Waals surface area contributed by atoms with Crippen LogP contribution in [-0.2, 0) is 14.4 Å². The van der Waals surface area contributed by atoms with E-state index < -0.39 is 0 Å². The van der Waals surface area contributed by atoms with Crippen molar-refractivity contribution < 1.29 is 14.4 Å². The molecule has 1 saturated carbocycles. The van der Waals surface area contributed by atoms with Crippen LogP contribution >= 0.6 is 0 Å². The highest BCUT2D eigenvalue weighted by Gasteiger charge is 2.47. The maximum atomic E-state index is 11.7. The third kappa shape index (κ3) is 2.93. The molecule has 0 saturated heterocycles. The second kappa shape index (κ2) is 6.40. The van der Waals surface area contributed by atoms with E-state index in [9.17, 15) is 4.79 Å². The van der Waals surface area contributed by atoms with Crippen molar-refractivity contribution in [1.82, 2.24) is 0 Å². The van der Waals surface area contributed by atoms with Crippen LogP contribution in [0.15, 0.2) is 5.16 Å². The summed E-state index contributed by atoms with van der Waals surface area (Å²) in [6.07, 6.45) is 6.39. The van der Waals surface area contributed by atoms with Gasteiger partial charge in [0.1, 0.15) is 6.10 Å². The minimum atomic E-state index is -0.0973. The van der Waals surface area contributed by atoms with Crippen LogP contribution in [0.2, 0.25) is 0 Å². The van der Waals surface area contributed by atoms with E-state index >= 15 is 0 Å². The monoisotopic (exact) mass is 267 g/mol. The molecule has 2 aliphatic rings. The third-order valence-electron chi connectivity index (χ3n) is 4.40. The van der Waals surface area contributed by atoms with Gasteiger partial charge in [-0.25, -0.2) is 0 Å². The summed E-state index contributed by atoms with van der Waals surface area (Å²) in [5.41, 5.74) is 1.21.